The zero-order valence-electron chi connectivity index (χ0n) is 15.7. The molecule has 140 valence electrons. The number of aromatic nitrogens is 2. The largest absolute Gasteiger partial charge is 0.269 e. The standard InChI is InChI=1S/C23H20N2O2S/c1-17-13-15-21(16-14-17)28(26,27)25-18(2)22(19-9-5-3-6-10-19)24-23(25)20-11-7-4-8-12-20/h3-16H,1-2H3. The number of hydrogen-bond donors (Lipinski definition) is 0. The fraction of sp³-hybridized carbons (Fsp3) is 0.0870. The highest BCUT2D eigenvalue weighted by Gasteiger charge is 2.27. The molecule has 0 saturated carbocycles. The van der Waals surface area contributed by atoms with Crippen LogP contribution in [0.1, 0.15) is 11.3 Å². The maximum Gasteiger partial charge on any atom is 0.269 e. The molecular weight excluding hydrogens is 368 g/mol. The van der Waals surface area contributed by atoms with Gasteiger partial charge in [0.15, 0.2) is 5.82 Å². The Balaban J connectivity index is 2.00. The lowest BCUT2D eigenvalue weighted by atomic mass is 10.1. The first-order valence-corrected chi connectivity index (χ1v) is 10.4. The number of aryl methyl sites for hydroxylation is 1. The molecule has 0 unspecified atom stereocenters. The summed E-state index contributed by atoms with van der Waals surface area (Å²) < 4.78 is 28.4. The maximum absolute atomic E-state index is 13.5. The Hall–Kier alpha value is -3.18. The van der Waals surface area contributed by atoms with Crippen LogP contribution < -0.4 is 0 Å². The van der Waals surface area contributed by atoms with E-state index in [4.69, 9.17) is 4.98 Å². The second-order valence-electron chi connectivity index (χ2n) is 6.68. The van der Waals surface area contributed by atoms with Gasteiger partial charge < -0.3 is 0 Å². The fourth-order valence-corrected chi connectivity index (χ4v) is 4.75. The first-order valence-electron chi connectivity index (χ1n) is 9.01. The summed E-state index contributed by atoms with van der Waals surface area (Å²) in [6.45, 7) is 3.73. The Bertz CT molecular complexity index is 1210. The lowest BCUT2D eigenvalue weighted by Crippen LogP contribution is -2.16. The van der Waals surface area contributed by atoms with Gasteiger partial charge in [0, 0.05) is 11.1 Å². The van der Waals surface area contributed by atoms with Gasteiger partial charge in [0.05, 0.1) is 16.3 Å². The monoisotopic (exact) mass is 388 g/mol. The molecule has 4 rings (SSSR count). The SMILES string of the molecule is Cc1ccc(S(=O)(=O)n2c(-c3ccccc3)nc(-c3ccccc3)c2C)cc1. The van der Waals surface area contributed by atoms with Crippen molar-refractivity contribution in [1.29, 1.82) is 0 Å². The molecule has 28 heavy (non-hydrogen) atoms. The van der Waals surface area contributed by atoms with Gasteiger partial charge in [0.25, 0.3) is 10.0 Å². The van der Waals surface area contributed by atoms with E-state index in [-0.39, 0.29) is 4.90 Å². The van der Waals surface area contributed by atoms with Gasteiger partial charge in [0.2, 0.25) is 0 Å². The van der Waals surface area contributed by atoms with E-state index in [2.05, 4.69) is 0 Å². The summed E-state index contributed by atoms with van der Waals surface area (Å²) in [6.07, 6.45) is 0. The average Bonchev–Trinajstić information content (AvgIpc) is 3.07. The molecular formula is C23H20N2O2S. The highest BCUT2D eigenvalue weighted by atomic mass is 32.2. The minimum absolute atomic E-state index is 0.246. The van der Waals surface area contributed by atoms with Crippen molar-refractivity contribution in [3.63, 3.8) is 0 Å². The Labute approximate surface area is 165 Å². The van der Waals surface area contributed by atoms with Crippen molar-refractivity contribution in [3.8, 4) is 22.6 Å². The van der Waals surface area contributed by atoms with Crippen molar-refractivity contribution >= 4 is 10.0 Å². The van der Waals surface area contributed by atoms with Crippen LogP contribution >= 0.6 is 0 Å². The molecule has 0 atom stereocenters. The van der Waals surface area contributed by atoms with Crippen molar-refractivity contribution in [1.82, 2.24) is 8.96 Å². The van der Waals surface area contributed by atoms with E-state index in [0.29, 0.717) is 17.2 Å². The molecule has 1 aromatic heterocycles. The van der Waals surface area contributed by atoms with Crippen LogP contribution in [0.3, 0.4) is 0 Å². The van der Waals surface area contributed by atoms with E-state index in [1.54, 1.807) is 31.2 Å². The van der Waals surface area contributed by atoms with Crippen LogP contribution in [0.4, 0.5) is 0 Å². The number of nitrogens with zero attached hydrogens (tertiary/aromatic N) is 2. The van der Waals surface area contributed by atoms with E-state index >= 15 is 0 Å². The van der Waals surface area contributed by atoms with Gasteiger partial charge in [-0.15, -0.1) is 0 Å². The summed E-state index contributed by atoms with van der Waals surface area (Å²) in [5, 5.41) is 0. The molecule has 0 aliphatic heterocycles. The van der Waals surface area contributed by atoms with Crippen molar-refractivity contribution in [3.05, 3.63) is 96.2 Å². The average molecular weight is 388 g/mol. The third-order valence-electron chi connectivity index (χ3n) is 4.70. The van der Waals surface area contributed by atoms with Gasteiger partial charge in [0.1, 0.15) is 0 Å². The first-order chi connectivity index (χ1) is 13.5. The van der Waals surface area contributed by atoms with Gasteiger partial charge in [-0.1, -0.05) is 78.4 Å². The zero-order valence-corrected chi connectivity index (χ0v) is 16.5. The second-order valence-corrected chi connectivity index (χ2v) is 8.47. The summed E-state index contributed by atoms with van der Waals surface area (Å²) in [5.74, 6) is 0.414. The van der Waals surface area contributed by atoms with Crippen molar-refractivity contribution in [2.75, 3.05) is 0 Å². The van der Waals surface area contributed by atoms with E-state index < -0.39 is 10.0 Å². The van der Waals surface area contributed by atoms with E-state index in [0.717, 1.165) is 16.7 Å². The van der Waals surface area contributed by atoms with Crippen molar-refractivity contribution in [2.45, 2.75) is 18.7 Å². The summed E-state index contributed by atoms with van der Waals surface area (Å²) in [5.41, 5.74) is 3.90. The van der Waals surface area contributed by atoms with Gasteiger partial charge in [-0.3, -0.25) is 0 Å². The Morgan fingerprint density at radius 1 is 0.714 bits per heavy atom. The number of hydrogen-bond acceptors (Lipinski definition) is 3. The lowest BCUT2D eigenvalue weighted by Gasteiger charge is -2.12. The highest BCUT2D eigenvalue weighted by Crippen LogP contribution is 2.32. The molecule has 0 amide bonds. The normalized spacial score (nSPS) is 11.5. The topological polar surface area (TPSA) is 52.0 Å². The molecule has 0 aliphatic rings. The highest BCUT2D eigenvalue weighted by molar-refractivity contribution is 7.90. The third kappa shape index (κ3) is 3.14. The van der Waals surface area contributed by atoms with Crippen LogP contribution in [0.25, 0.3) is 22.6 Å². The lowest BCUT2D eigenvalue weighted by molar-refractivity contribution is 0.586. The minimum atomic E-state index is -3.80. The molecule has 4 aromatic rings. The molecule has 0 fully saturated rings. The molecule has 3 aromatic carbocycles. The van der Waals surface area contributed by atoms with Crippen LogP contribution in [-0.2, 0) is 10.0 Å². The van der Waals surface area contributed by atoms with E-state index in [1.807, 2.05) is 67.6 Å². The summed E-state index contributed by atoms with van der Waals surface area (Å²) >= 11 is 0. The van der Waals surface area contributed by atoms with Crippen LogP contribution in [0.5, 0.6) is 0 Å². The van der Waals surface area contributed by atoms with Crippen LogP contribution in [0, 0.1) is 13.8 Å². The smallest absolute Gasteiger partial charge is 0.227 e. The summed E-state index contributed by atoms with van der Waals surface area (Å²) in [4.78, 5) is 4.99. The fourth-order valence-electron chi connectivity index (χ4n) is 3.24. The molecule has 1 heterocycles. The molecule has 0 radical (unpaired) electrons. The molecule has 0 N–H and O–H groups in total. The minimum Gasteiger partial charge on any atom is -0.227 e. The molecule has 4 nitrogen and oxygen atoms in total. The summed E-state index contributed by atoms with van der Waals surface area (Å²) in [6, 6.07) is 25.9. The molecule has 5 heteroatoms. The van der Waals surface area contributed by atoms with Gasteiger partial charge in [-0.05, 0) is 26.0 Å². The quantitative estimate of drug-likeness (QED) is 0.490. The first kappa shape index (κ1) is 18.2. The molecule has 0 aliphatic carbocycles. The van der Waals surface area contributed by atoms with Gasteiger partial charge >= 0.3 is 0 Å². The summed E-state index contributed by atoms with van der Waals surface area (Å²) in [7, 11) is -3.80. The van der Waals surface area contributed by atoms with Crippen LogP contribution in [0.15, 0.2) is 89.8 Å². The zero-order chi connectivity index (χ0) is 19.7. The van der Waals surface area contributed by atoms with Gasteiger partial charge in [-0.25, -0.2) is 17.4 Å². The third-order valence-corrected chi connectivity index (χ3v) is 6.49. The predicted molar refractivity (Wildman–Crippen MR) is 112 cm³/mol. The van der Waals surface area contributed by atoms with E-state index in [1.165, 1.54) is 3.97 Å². The number of imidazole rings is 1. The predicted octanol–water partition coefficient (Wildman–Crippen LogP) is 5.07. The molecule has 0 saturated heterocycles. The van der Waals surface area contributed by atoms with Crippen molar-refractivity contribution in [2.24, 2.45) is 0 Å². The van der Waals surface area contributed by atoms with Crippen molar-refractivity contribution < 1.29 is 8.42 Å². The maximum atomic E-state index is 13.5. The van der Waals surface area contributed by atoms with Gasteiger partial charge in [-0.2, -0.15) is 0 Å². The Morgan fingerprint density at radius 2 is 1.25 bits per heavy atom. The number of benzene rings is 3. The number of rotatable bonds is 4. The second kappa shape index (κ2) is 7.09. The van der Waals surface area contributed by atoms with E-state index in [9.17, 15) is 8.42 Å². The molecule has 0 spiro atoms. The molecule has 0 bridgehead atoms. The Morgan fingerprint density at radius 3 is 1.82 bits per heavy atom. The Kier molecular flexibility index (Phi) is 4.61. The van der Waals surface area contributed by atoms with Crippen LogP contribution in [-0.4, -0.2) is 17.4 Å². The van der Waals surface area contributed by atoms with Crippen LogP contribution in [0.2, 0.25) is 0 Å².